The number of aliphatic hydroxyl groups is 1. The predicted octanol–water partition coefficient (Wildman–Crippen LogP) is -1.04. The van der Waals surface area contributed by atoms with Gasteiger partial charge in [0.15, 0.2) is 0 Å². The lowest BCUT2D eigenvalue weighted by atomic mass is 10.4. The van der Waals surface area contributed by atoms with Crippen LogP contribution >= 0.6 is 0 Å². The van der Waals surface area contributed by atoms with Gasteiger partial charge in [-0.25, -0.2) is 4.79 Å². The van der Waals surface area contributed by atoms with Crippen LogP contribution in [0.25, 0.3) is 0 Å². The van der Waals surface area contributed by atoms with Gasteiger partial charge in [-0.1, -0.05) is 0 Å². The Balaban J connectivity index is 1.87. The number of aliphatic hydroxyl groups excluding tert-OH is 1. The van der Waals surface area contributed by atoms with E-state index in [4.69, 9.17) is 0 Å². The summed E-state index contributed by atoms with van der Waals surface area (Å²) in [6.45, 7) is -0.0331. The molecule has 1 unspecified atom stereocenters. The van der Waals surface area contributed by atoms with Gasteiger partial charge in [-0.15, -0.1) is 4.73 Å². The maximum atomic E-state index is 11.5. The highest BCUT2D eigenvalue weighted by molar-refractivity contribution is 5.90. The van der Waals surface area contributed by atoms with Crippen LogP contribution in [0.1, 0.15) is 6.42 Å². The third kappa shape index (κ3) is 2.68. The second-order valence-electron chi connectivity index (χ2n) is 3.86. The average molecular weight is 268 g/mol. The highest BCUT2D eigenvalue weighted by atomic mass is 16.7. The third-order valence-electron chi connectivity index (χ3n) is 2.56. The monoisotopic (exact) mass is 268 g/mol. The van der Waals surface area contributed by atoms with Gasteiger partial charge >= 0.3 is 5.97 Å². The molecule has 102 valence electrons. The minimum absolute atomic E-state index is 0.0331. The highest BCUT2D eigenvalue weighted by Gasteiger charge is 2.24. The molecule has 1 aromatic heterocycles. The smallest absolute Gasteiger partial charge is 0.335 e. The van der Waals surface area contributed by atoms with Crippen LogP contribution in [0.5, 0.6) is 11.8 Å². The molecule has 0 bridgehead atoms. The van der Waals surface area contributed by atoms with Gasteiger partial charge in [0.05, 0.1) is 6.42 Å². The normalized spacial score (nSPS) is 18.1. The zero-order chi connectivity index (χ0) is 14.0. The van der Waals surface area contributed by atoms with Gasteiger partial charge in [-0.05, 0) is 6.08 Å². The van der Waals surface area contributed by atoms with Crippen molar-refractivity contribution < 1.29 is 29.7 Å². The number of aromatic nitrogens is 1. The molecule has 1 aliphatic rings. The lowest BCUT2D eigenvalue weighted by Gasteiger charge is -2.19. The zero-order valence-corrected chi connectivity index (χ0v) is 9.76. The summed E-state index contributed by atoms with van der Waals surface area (Å²) in [5.74, 6) is -2.02. The van der Waals surface area contributed by atoms with Crippen molar-refractivity contribution in [2.45, 2.75) is 12.6 Å². The maximum Gasteiger partial charge on any atom is 0.335 e. The highest BCUT2D eigenvalue weighted by Crippen LogP contribution is 2.19. The lowest BCUT2D eigenvalue weighted by molar-refractivity contribution is -0.146. The standard InChI is InChI=1S/C11H12N2O6/c14-7-1-2-8(15)12(7)6-5-11(18)19-13-9(16)3-4-10(13)17/h1-4,7,14,16-17H,5-6H2. The molecule has 0 saturated heterocycles. The van der Waals surface area contributed by atoms with Crippen LogP contribution in [0.4, 0.5) is 0 Å². The molecule has 19 heavy (non-hydrogen) atoms. The zero-order valence-electron chi connectivity index (χ0n) is 9.76. The van der Waals surface area contributed by atoms with E-state index in [1.54, 1.807) is 0 Å². The summed E-state index contributed by atoms with van der Waals surface area (Å²) in [4.78, 5) is 28.5. The quantitative estimate of drug-likeness (QED) is 0.643. The van der Waals surface area contributed by atoms with E-state index in [1.807, 2.05) is 0 Å². The SMILES string of the molecule is O=C(CCN1C(=O)C=CC1O)On1c(O)ccc1O. The number of amides is 1. The van der Waals surface area contributed by atoms with Gasteiger partial charge in [0, 0.05) is 24.8 Å². The Kier molecular flexibility index (Phi) is 3.43. The molecule has 3 N–H and O–H groups in total. The van der Waals surface area contributed by atoms with Crippen molar-refractivity contribution >= 4 is 11.9 Å². The number of hydrogen-bond donors (Lipinski definition) is 3. The van der Waals surface area contributed by atoms with E-state index >= 15 is 0 Å². The Hall–Kier alpha value is -2.48. The second-order valence-corrected chi connectivity index (χ2v) is 3.86. The number of carbonyl (C=O) groups excluding carboxylic acids is 2. The fourth-order valence-corrected chi connectivity index (χ4v) is 1.60. The molecule has 1 atom stereocenters. The molecular weight excluding hydrogens is 256 g/mol. The number of carbonyl (C=O) groups is 2. The van der Waals surface area contributed by atoms with Crippen LogP contribution in [-0.2, 0) is 9.59 Å². The van der Waals surface area contributed by atoms with E-state index in [2.05, 4.69) is 4.84 Å². The van der Waals surface area contributed by atoms with E-state index in [1.165, 1.54) is 12.2 Å². The Morgan fingerprint density at radius 1 is 1.32 bits per heavy atom. The van der Waals surface area contributed by atoms with Crippen LogP contribution in [0.2, 0.25) is 0 Å². The first kappa shape index (κ1) is 13.0. The second kappa shape index (κ2) is 5.02. The minimum Gasteiger partial charge on any atom is -0.492 e. The van der Waals surface area contributed by atoms with Crippen molar-refractivity contribution in [3.63, 3.8) is 0 Å². The van der Waals surface area contributed by atoms with Gasteiger partial charge in [-0.3, -0.25) is 4.79 Å². The van der Waals surface area contributed by atoms with Crippen LogP contribution < -0.4 is 4.84 Å². The van der Waals surface area contributed by atoms with Gasteiger partial charge in [0.1, 0.15) is 6.23 Å². The molecular formula is C11H12N2O6. The van der Waals surface area contributed by atoms with E-state index in [-0.39, 0.29) is 13.0 Å². The van der Waals surface area contributed by atoms with Crippen LogP contribution in [0, 0.1) is 0 Å². The number of hydrogen-bond acceptors (Lipinski definition) is 6. The van der Waals surface area contributed by atoms with E-state index in [9.17, 15) is 24.9 Å². The van der Waals surface area contributed by atoms with Crippen LogP contribution in [-0.4, -0.2) is 49.6 Å². The fraction of sp³-hybridized carbons (Fsp3) is 0.273. The molecule has 0 aromatic carbocycles. The molecule has 0 radical (unpaired) electrons. The first-order chi connectivity index (χ1) is 8.99. The molecule has 1 amide bonds. The summed E-state index contributed by atoms with van der Waals surface area (Å²) in [5, 5.41) is 27.9. The first-order valence-corrected chi connectivity index (χ1v) is 5.47. The minimum atomic E-state index is -1.05. The lowest BCUT2D eigenvalue weighted by Crippen LogP contribution is -2.36. The summed E-state index contributed by atoms with van der Waals surface area (Å²) in [7, 11) is 0. The molecule has 0 fully saturated rings. The van der Waals surface area contributed by atoms with Gasteiger partial charge in [0.2, 0.25) is 17.7 Å². The Morgan fingerprint density at radius 3 is 2.47 bits per heavy atom. The Labute approximate surface area is 107 Å². The maximum absolute atomic E-state index is 11.5. The summed E-state index contributed by atoms with van der Waals surface area (Å²) in [5.41, 5.74) is 0. The topological polar surface area (TPSA) is 112 Å². The third-order valence-corrected chi connectivity index (χ3v) is 2.56. The molecule has 1 aromatic rings. The molecule has 0 saturated carbocycles. The van der Waals surface area contributed by atoms with Gasteiger partial charge in [-0.2, -0.15) is 0 Å². The Bertz CT molecular complexity index is 516. The van der Waals surface area contributed by atoms with E-state index in [0.717, 1.165) is 17.0 Å². The molecule has 8 nitrogen and oxygen atoms in total. The summed E-state index contributed by atoms with van der Waals surface area (Å²) >= 11 is 0. The van der Waals surface area contributed by atoms with Crippen LogP contribution in [0.3, 0.4) is 0 Å². The largest absolute Gasteiger partial charge is 0.492 e. The van der Waals surface area contributed by atoms with Crippen molar-refractivity contribution in [2.75, 3.05) is 6.54 Å². The summed E-state index contributed by atoms with van der Waals surface area (Å²) in [6.07, 6.45) is 1.27. The predicted molar refractivity (Wildman–Crippen MR) is 60.8 cm³/mol. The first-order valence-electron chi connectivity index (χ1n) is 5.47. The van der Waals surface area contributed by atoms with Crippen molar-refractivity contribution in [2.24, 2.45) is 0 Å². The Morgan fingerprint density at radius 2 is 1.95 bits per heavy atom. The van der Waals surface area contributed by atoms with E-state index < -0.39 is 29.9 Å². The molecule has 0 aliphatic carbocycles. The summed E-state index contributed by atoms with van der Waals surface area (Å²) < 4.78 is 0.558. The molecule has 1 aliphatic heterocycles. The molecule has 2 rings (SSSR count). The molecule has 8 heteroatoms. The number of rotatable bonds is 4. The van der Waals surface area contributed by atoms with Gasteiger partial charge < -0.3 is 25.1 Å². The fourth-order valence-electron chi connectivity index (χ4n) is 1.60. The molecule has 2 heterocycles. The van der Waals surface area contributed by atoms with Crippen molar-refractivity contribution in [1.82, 2.24) is 9.63 Å². The number of nitrogens with zero attached hydrogens (tertiary/aromatic N) is 2. The summed E-state index contributed by atoms with van der Waals surface area (Å²) in [6, 6.07) is 2.31. The average Bonchev–Trinajstić information content (AvgIpc) is 2.84. The van der Waals surface area contributed by atoms with Crippen LogP contribution in [0.15, 0.2) is 24.3 Å². The van der Waals surface area contributed by atoms with Crippen molar-refractivity contribution in [3.8, 4) is 11.8 Å². The van der Waals surface area contributed by atoms with Crippen molar-refractivity contribution in [3.05, 3.63) is 24.3 Å². The van der Waals surface area contributed by atoms with E-state index in [0.29, 0.717) is 4.73 Å². The molecule has 0 spiro atoms. The van der Waals surface area contributed by atoms with Crippen molar-refractivity contribution in [1.29, 1.82) is 0 Å². The van der Waals surface area contributed by atoms with Gasteiger partial charge in [0.25, 0.3) is 0 Å². The number of aromatic hydroxyl groups is 2.